The molecule has 98 valence electrons. The Kier molecular flexibility index (Phi) is 3.42. The number of primary amides is 1. The molecule has 0 unspecified atom stereocenters. The largest absolute Gasteiger partial charge is 0.372 e. The van der Waals surface area contributed by atoms with Crippen LogP contribution in [0.15, 0.2) is 30.6 Å². The fraction of sp³-hybridized carbons (Fsp3) is 0.0909. The summed E-state index contributed by atoms with van der Waals surface area (Å²) in [7, 11) is 0. The van der Waals surface area contributed by atoms with Gasteiger partial charge < -0.3 is 16.0 Å². The van der Waals surface area contributed by atoms with Gasteiger partial charge in [-0.3, -0.25) is 14.9 Å². The van der Waals surface area contributed by atoms with Crippen LogP contribution in [0.25, 0.3) is 0 Å². The lowest BCUT2D eigenvalue weighted by Gasteiger charge is -2.06. The first-order valence-electron chi connectivity index (χ1n) is 5.38. The SMILES string of the molecule is NC(=O)c1ccc([N+](=O)[O-])c(NCc2ncc[nH]2)c1. The number of aromatic nitrogens is 2. The summed E-state index contributed by atoms with van der Waals surface area (Å²) in [5.74, 6) is -0.0188. The smallest absolute Gasteiger partial charge is 0.292 e. The lowest BCUT2D eigenvalue weighted by atomic mass is 10.1. The summed E-state index contributed by atoms with van der Waals surface area (Å²) < 4.78 is 0. The second kappa shape index (κ2) is 5.17. The van der Waals surface area contributed by atoms with Gasteiger partial charge in [-0.1, -0.05) is 0 Å². The fourth-order valence-corrected chi connectivity index (χ4v) is 1.56. The molecule has 0 fully saturated rings. The molecule has 0 saturated heterocycles. The minimum Gasteiger partial charge on any atom is -0.372 e. The van der Waals surface area contributed by atoms with Crippen molar-refractivity contribution in [2.24, 2.45) is 5.73 Å². The van der Waals surface area contributed by atoms with Crippen LogP contribution in [0.2, 0.25) is 0 Å². The molecule has 0 radical (unpaired) electrons. The summed E-state index contributed by atoms with van der Waals surface area (Å²) in [6.45, 7) is 0.274. The minimum absolute atomic E-state index is 0.128. The molecule has 0 aliphatic rings. The van der Waals surface area contributed by atoms with Crippen LogP contribution in [-0.2, 0) is 6.54 Å². The molecule has 8 heteroatoms. The van der Waals surface area contributed by atoms with E-state index in [2.05, 4.69) is 15.3 Å². The number of aromatic amines is 1. The number of H-pyrrole nitrogens is 1. The number of anilines is 1. The van der Waals surface area contributed by atoms with Gasteiger partial charge in [0.1, 0.15) is 11.5 Å². The van der Waals surface area contributed by atoms with E-state index in [9.17, 15) is 14.9 Å². The van der Waals surface area contributed by atoms with Gasteiger partial charge in [0.25, 0.3) is 5.69 Å². The third-order valence-electron chi connectivity index (χ3n) is 2.48. The van der Waals surface area contributed by atoms with Crippen LogP contribution in [0.5, 0.6) is 0 Å². The van der Waals surface area contributed by atoms with Gasteiger partial charge in [0.05, 0.1) is 11.5 Å². The van der Waals surface area contributed by atoms with Gasteiger partial charge in [-0.15, -0.1) is 0 Å². The van der Waals surface area contributed by atoms with Crippen LogP contribution >= 0.6 is 0 Å². The number of nitro benzene ring substituents is 1. The minimum atomic E-state index is -0.643. The molecule has 0 saturated carbocycles. The average molecular weight is 261 g/mol. The highest BCUT2D eigenvalue weighted by Crippen LogP contribution is 2.25. The molecule has 0 aliphatic heterocycles. The second-order valence-electron chi connectivity index (χ2n) is 3.74. The Bertz CT molecular complexity index is 609. The first-order valence-corrected chi connectivity index (χ1v) is 5.38. The molecule has 2 aromatic rings. The molecule has 1 aromatic heterocycles. The number of hydrogen-bond acceptors (Lipinski definition) is 5. The quantitative estimate of drug-likeness (QED) is 0.547. The zero-order chi connectivity index (χ0) is 13.8. The Labute approximate surface area is 107 Å². The molecular formula is C11H11N5O3. The van der Waals surface area contributed by atoms with Gasteiger partial charge in [-0.2, -0.15) is 0 Å². The van der Waals surface area contributed by atoms with E-state index in [4.69, 9.17) is 5.73 Å². The summed E-state index contributed by atoms with van der Waals surface area (Å²) in [5.41, 5.74) is 5.44. The molecule has 0 atom stereocenters. The van der Waals surface area contributed by atoms with Crippen LogP contribution in [-0.4, -0.2) is 20.8 Å². The number of carbonyl (C=O) groups excluding carboxylic acids is 1. The highest BCUT2D eigenvalue weighted by atomic mass is 16.6. The first kappa shape index (κ1) is 12.6. The van der Waals surface area contributed by atoms with Gasteiger partial charge in [-0.25, -0.2) is 4.98 Å². The average Bonchev–Trinajstić information content (AvgIpc) is 2.88. The fourth-order valence-electron chi connectivity index (χ4n) is 1.56. The number of benzene rings is 1. The third-order valence-corrected chi connectivity index (χ3v) is 2.48. The number of carbonyl (C=O) groups is 1. The number of nitro groups is 1. The standard InChI is InChI=1S/C11H11N5O3/c12-11(17)7-1-2-9(16(18)19)8(5-7)15-6-10-13-3-4-14-10/h1-5,15H,6H2,(H2,12,17)(H,13,14). The van der Waals surface area contributed by atoms with Crippen LogP contribution in [0.1, 0.15) is 16.2 Å². The van der Waals surface area contributed by atoms with Crippen molar-refractivity contribution in [1.82, 2.24) is 9.97 Å². The van der Waals surface area contributed by atoms with E-state index in [0.717, 1.165) is 0 Å². The molecule has 0 bridgehead atoms. The van der Waals surface area contributed by atoms with Crippen molar-refractivity contribution in [3.8, 4) is 0 Å². The summed E-state index contributed by atoms with van der Waals surface area (Å²) in [6.07, 6.45) is 3.22. The van der Waals surface area contributed by atoms with Gasteiger partial charge >= 0.3 is 0 Å². The van der Waals surface area contributed by atoms with E-state index in [0.29, 0.717) is 5.82 Å². The Morgan fingerprint density at radius 2 is 2.32 bits per heavy atom. The molecule has 0 aliphatic carbocycles. The summed E-state index contributed by atoms with van der Waals surface area (Å²) in [4.78, 5) is 28.3. The number of nitrogens with zero attached hydrogens (tertiary/aromatic N) is 2. The molecule has 2 rings (SSSR count). The van der Waals surface area contributed by atoms with Crippen LogP contribution in [0.4, 0.5) is 11.4 Å². The van der Waals surface area contributed by atoms with E-state index in [1.807, 2.05) is 0 Å². The maximum Gasteiger partial charge on any atom is 0.292 e. The van der Waals surface area contributed by atoms with Crippen LogP contribution in [0.3, 0.4) is 0 Å². The van der Waals surface area contributed by atoms with E-state index < -0.39 is 10.8 Å². The Morgan fingerprint density at radius 3 is 2.89 bits per heavy atom. The molecule has 8 nitrogen and oxygen atoms in total. The maximum absolute atomic E-state index is 11.1. The summed E-state index contributed by atoms with van der Waals surface area (Å²) >= 11 is 0. The van der Waals surface area contributed by atoms with Crippen molar-refractivity contribution in [3.63, 3.8) is 0 Å². The number of nitrogens with two attached hydrogens (primary N) is 1. The number of hydrogen-bond donors (Lipinski definition) is 3. The zero-order valence-corrected chi connectivity index (χ0v) is 9.79. The highest BCUT2D eigenvalue weighted by Gasteiger charge is 2.15. The number of imidazole rings is 1. The predicted octanol–water partition coefficient (Wildman–Crippen LogP) is 1.03. The normalized spacial score (nSPS) is 10.1. The molecule has 19 heavy (non-hydrogen) atoms. The number of amides is 1. The van der Waals surface area contributed by atoms with E-state index >= 15 is 0 Å². The first-order chi connectivity index (χ1) is 9.08. The highest BCUT2D eigenvalue weighted by molar-refractivity contribution is 5.94. The van der Waals surface area contributed by atoms with Gasteiger partial charge in [0.2, 0.25) is 5.91 Å². The van der Waals surface area contributed by atoms with E-state index in [1.54, 1.807) is 12.4 Å². The van der Waals surface area contributed by atoms with E-state index in [1.165, 1.54) is 18.2 Å². The van der Waals surface area contributed by atoms with Crippen molar-refractivity contribution >= 4 is 17.3 Å². The molecule has 1 heterocycles. The summed E-state index contributed by atoms with van der Waals surface area (Å²) in [5, 5.41) is 13.7. The summed E-state index contributed by atoms with van der Waals surface area (Å²) in [6, 6.07) is 3.91. The predicted molar refractivity (Wildman–Crippen MR) is 67.5 cm³/mol. The molecule has 1 amide bonds. The Balaban J connectivity index is 2.27. The van der Waals surface area contributed by atoms with E-state index in [-0.39, 0.29) is 23.5 Å². The number of rotatable bonds is 5. The monoisotopic (exact) mass is 261 g/mol. The lowest BCUT2D eigenvalue weighted by Crippen LogP contribution is -2.12. The maximum atomic E-state index is 11.1. The Hall–Kier alpha value is -2.90. The van der Waals surface area contributed by atoms with Gasteiger partial charge in [0.15, 0.2) is 0 Å². The van der Waals surface area contributed by atoms with Crippen molar-refractivity contribution in [1.29, 1.82) is 0 Å². The molecule has 0 spiro atoms. The van der Waals surface area contributed by atoms with Gasteiger partial charge in [-0.05, 0) is 12.1 Å². The lowest BCUT2D eigenvalue weighted by molar-refractivity contribution is -0.384. The second-order valence-corrected chi connectivity index (χ2v) is 3.74. The molecular weight excluding hydrogens is 250 g/mol. The Morgan fingerprint density at radius 1 is 1.53 bits per heavy atom. The molecule has 4 N–H and O–H groups in total. The molecule has 1 aromatic carbocycles. The van der Waals surface area contributed by atoms with Crippen LogP contribution in [0, 0.1) is 10.1 Å². The van der Waals surface area contributed by atoms with Crippen LogP contribution < -0.4 is 11.1 Å². The van der Waals surface area contributed by atoms with Crippen molar-refractivity contribution in [3.05, 3.63) is 52.1 Å². The number of nitrogens with one attached hydrogen (secondary N) is 2. The topological polar surface area (TPSA) is 127 Å². The van der Waals surface area contributed by atoms with Crippen molar-refractivity contribution in [2.75, 3.05) is 5.32 Å². The van der Waals surface area contributed by atoms with Gasteiger partial charge in [0, 0.05) is 24.0 Å². The van der Waals surface area contributed by atoms with Crippen molar-refractivity contribution in [2.45, 2.75) is 6.54 Å². The van der Waals surface area contributed by atoms with Crippen molar-refractivity contribution < 1.29 is 9.72 Å². The zero-order valence-electron chi connectivity index (χ0n) is 9.79. The third kappa shape index (κ3) is 2.86.